The van der Waals surface area contributed by atoms with Gasteiger partial charge in [0, 0.05) is 47.8 Å². The van der Waals surface area contributed by atoms with Crippen LogP contribution in [0.15, 0.2) is 64.8 Å². The van der Waals surface area contributed by atoms with E-state index < -0.39 is 0 Å². The number of rotatable bonds is 5. The lowest BCUT2D eigenvalue weighted by Gasteiger charge is -2.36. The number of thiophene rings is 1. The van der Waals surface area contributed by atoms with Gasteiger partial charge in [-0.2, -0.15) is 5.26 Å². The van der Waals surface area contributed by atoms with Gasteiger partial charge in [-0.15, -0.1) is 11.3 Å². The molecule has 33 heavy (non-hydrogen) atoms. The third kappa shape index (κ3) is 4.38. The molecule has 0 bridgehead atoms. The smallest absolute Gasteiger partial charge is 0.263 e. The van der Waals surface area contributed by atoms with Crippen molar-refractivity contribution in [2.75, 3.05) is 31.1 Å². The molecular formula is C25H22ClN5OS. The number of halogens is 1. The van der Waals surface area contributed by atoms with Gasteiger partial charge in [0.25, 0.3) is 5.56 Å². The van der Waals surface area contributed by atoms with E-state index in [0.717, 1.165) is 52.8 Å². The van der Waals surface area contributed by atoms with Crippen LogP contribution in [-0.2, 0) is 13.1 Å². The molecular weight excluding hydrogens is 454 g/mol. The number of piperazine rings is 1. The molecule has 0 unspecified atom stereocenters. The number of nitrogens with zero attached hydrogens (tertiary/aromatic N) is 5. The molecule has 1 fully saturated rings. The van der Waals surface area contributed by atoms with Crippen molar-refractivity contribution in [1.29, 1.82) is 5.26 Å². The van der Waals surface area contributed by atoms with E-state index in [2.05, 4.69) is 21.9 Å². The summed E-state index contributed by atoms with van der Waals surface area (Å²) >= 11 is 7.63. The minimum atomic E-state index is -0.144. The van der Waals surface area contributed by atoms with Crippen LogP contribution in [-0.4, -0.2) is 40.6 Å². The van der Waals surface area contributed by atoms with Crippen molar-refractivity contribution in [1.82, 2.24) is 14.5 Å². The number of fused-ring (bicyclic) bond motifs is 1. The van der Waals surface area contributed by atoms with Crippen molar-refractivity contribution in [2.24, 2.45) is 0 Å². The number of anilines is 1. The van der Waals surface area contributed by atoms with Crippen LogP contribution in [0, 0.1) is 11.3 Å². The van der Waals surface area contributed by atoms with Gasteiger partial charge in [-0.25, -0.2) is 4.98 Å². The summed E-state index contributed by atoms with van der Waals surface area (Å²) in [6, 6.07) is 19.9. The maximum atomic E-state index is 13.4. The lowest BCUT2D eigenvalue weighted by atomic mass is 10.1. The summed E-state index contributed by atoms with van der Waals surface area (Å²) in [6.07, 6.45) is 0. The van der Waals surface area contributed by atoms with Crippen LogP contribution in [0.2, 0.25) is 5.02 Å². The first-order chi connectivity index (χ1) is 16.1. The van der Waals surface area contributed by atoms with Crippen LogP contribution in [0.25, 0.3) is 21.3 Å². The van der Waals surface area contributed by atoms with Gasteiger partial charge in [0.15, 0.2) is 0 Å². The van der Waals surface area contributed by atoms with Gasteiger partial charge in [-0.1, -0.05) is 48.0 Å². The summed E-state index contributed by atoms with van der Waals surface area (Å²) in [5.74, 6) is 0.645. The van der Waals surface area contributed by atoms with Crippen molar-refractivity contribution in [3.63, 3.8) is 0 Å². The standard InChI is InChI=1S/C25H22ClN5OS/c26-19-7-4-8-20(15-19)30-13-11-29(12-14-30)16-22-28-24-23(25(32)31(22)10-9-27)21(17-33-24)18-5-2-1-3-6-18/h1-8,15,17H,10-14,16H2. The number of aromatic nitrogens is 2. The molecule has 0 spiro atoms. The summed E-state index contributed by atoms with van der Waals surface area (Å²) in [7, 11) is 0. The predicted molar refractivity (Wildman–Crippen MR) is 134 cm³/mol. The van der Waals surface area contributed by atoms with Gasteiger partial charge in [0.1, 0.15) is 17.2 Å². The fraction of sp³-hybridized carbons (Fsp3) is 0.240. The molecule has 4 aromatic rings. The van der Waals surface area contributed by atoms with Gasteiger partial charge >= 0.3 is 0 Å². The molecule has 8 heteroatoms. The monoisotopic (exact) mass is 475 g/mol. The third-order valence-electron chi connectivity index (χ3n) is 6.00. The molecule has 0 radical (unpaired) electrons. The van der Waals surface area contributed by atoms with Gasteiger partial charge in [0.05, 0.1) is 18.0 Å². The zero-order valence-electron chi connectivity index (χ0n) is 17.9. The Kier molecular flexibility index (Phi) is 6.14. The van der Waals surface area contributed by atoms with Crippen molar-refractivity contribution < 1.29 is 0 Å². The highest BCUT2D eigenvalue weighted by atomic mass is 35.5. The molecule has 0 N–H and O–H groups in total. The highest BCUT2D eigenvalue weighted by molar-refractivity contribution is 7.17. The normalized spacial score (nSPS) is 14.5. The molecule has 0 aliphatic carbocycles. The molecule has 0 amide bonds. The van der Waals surface area contributed by atoms with Crippen LogP contribution in [0.4, 0.5) is 5.69 Å². The molecule has 5 rings (SSSR count). The molecule has 1 saturated heterocycles. The molecule has 166 valence electrons. The molecule has 1 aliphatic heterocycles. The van der Waals surface area contributed by atoms with Crippen molar-refractivity contribution in [2.45, 2.75) is 13.1 Å². The van der Waals surface area contributed by atoms with Crippen LogP contribution in [0.5, 0.6) is 0 Å². The Balaban J connectivity index is 1.41. The Morgan fingerprint density at radius 2 is 1.85 bits per heavy atom. The van der Waals surface area contributed by atoms with E-state index in [1.165, 1.54) is 15.9 Å². The van der Waals surface area contributed by atoms with Gasteiger partial charge < -0.3 is 4.90 Å². The summed E-state index contributed by atoms with van der Waals surface area (Å²) in [4.78, 5) is 23.6. The molecule has 2 aromatic heterocycles. The van der Waals surface area contributed by atoms with Crippen molar-refractivity contribution in [3.05, 3.63) is 81.2 Å². The molecule has 0 atom stereocenters. The van der Waals surface area contributed by atoms with E-state index in [1.54, 1.807) is 0 Å². The van der Waals surface area contributed by atoms with Crippen LogP contribution < -0.4 is 10.5 Å². The van der Waals surface area contributed by atoms with E-state index in [-0.39, 0.29) is 12.1 Å². The first kappa shape index (κ1) is 21.7. The number of hydrogen-bond acceptors (Lipinski definition) is 6. The Morgan fingerprint density at radius 1 is 1.06 bits per heavy atom. The van der Waals surface area contributed by atoms with Crippen LogP contribution in [0.1, 0.15) is 5.82 Å². The maximum Gasteiger partial charge on any atom is 0.263 e. The topological polar surface area (TPSA) is 65.2 Å². The number of hydrogen-bond donors (Lipinski definition) is 0. The minimum absolute atomic E-state index is 0.0103. The Bertz CT molecular complexity index is 1380. The van der Waals surface area contributed by atoms with Crippen molar-refractivity contribution >= 4 is 38.8 Å². The summed E-state index contributed by atoms with van der Waals surface area (Å²) < 4.78 is 1.53. The van der Waals surface area contributed by atoms with E-state index in [1.807, 2.05) is 53.9 Å². The fourth-order valence-corrected chi connectivity index (χ4v) is 5.43. The van der Waals surface area contributed by atoms with Crippen molar-refractivity contribution in [3.8, 4) is 17.2 Å². The largest absolute Gasteiger partial charge is 0.369 e. The molecule has 6 nitrogen and oxygen atoms in total. The first-order valence-electron chi connectivity index (χ1n) is 10.8. The Hall–Kier alpha value is -3.18. The second kappa shape index (κ2) is 9.36. The second-order valence-electron chi connectivity index (χ2n) is 8.02. The summed E-state index contributed by atoms with van der Waals surface area (Å²) in [5, 5.41) is 12.7. The highest BCUT2D eigenvalue weighted by Gasteiger charge is 2.22. The lowest BCUT2D eigenvalue weighted by molar-refractivity contribution is 0.240. The molecule has 0 saturated carbocycles. The quantitative estimate of drug-likeness (QED) is 0.421. The molecule has 1 aliphatic rings. The molecule has 2 aromatic carbocycles. The van der Waals surface area contributed by atoms with E-state index in [4.69, 9.17) is 16.6 Å². The van der Waals surface area contributed by atoms with Crippen LogP contribution in [0.3, 0.4) is 0 Å². The number of benzene rings is 2. The highest BCUT2D eigenvalue weighted by Crippen LogP contribution is 2.31. The Labute approximate surface area is 200 Å². The SMILES string of the molecule is N#CCn1c(CN2CCN(c3cccc(Cl)c3)CC2)nc2scc(-c3ccccc3)c2c1=O. The predicted octanol–water partition coefficient (Wildman–Crippen LogP) is 4.62. The maximum absolute atomic E-state index is 13.4. The van der Waals surface area contributed by atoms with E-state index in [9.17, 15) is 10.1 Å². The number of nitriles is 1. The zero-order valence-corrected chi connectivity index (χ0v) is 19.5. The second-order valence-corrected chi connectivity index (χ2v) is 9.31. The summed E-state index contributed by atoms with van der Waals surface area (Å²) in [6.45, 7) is 3.93. The average Bonchev–Trinajstić information content (AvgIpc) is 3.27. The van der Waals surface area contributed by atoms with Gasteiger partial charge in [0.2, 0.25) is 0 Å². The summed E-state index contributed by atoms with van der Waals surface area (Å²) in [5.41, 5.74) is 2.84. The van der Waals surface area contributed by atoms with E-state index in [0.29, 0.717) is 17.8 Å². The Morgan fingerprint density at radius 3 is 2.58 bits per heavy atom. The average molecular weight is 476 g/mol. The van der Waals surface area contributed by atoms with E-state index >= 15 is 0 Å². The molecule has 3 heterocycles. The zero-order chi connectivity index (χ0) is 22.8. The minimum Gasteiger partial charge on any atom is -0.369 e. The lowest BCUT2D eigenvalue weighted by Crippen LogP contribution is -2.46. The van der Waals surface area contributed by atoms with Gasteiger partial charge in [-0.3, -0.25) is 14.3 Å². The fourth-order valence-electron chi connectivity index (χ4n) is 4.29. The van der Waals surface area contributed by atoms with Gasteiger partial charge in [-0.05, 0) is 23.8 Å². The third-order valence-corrected chi connectivity index (χ3v) is 7.10. The first-order valence-corrected chi connectivity index (χ1v) is 12.1. The van der Waals surface area contributed by atoms with Crippen LogP contribution >= 0.6 is 22.9 Å².